The Morgan fingerprint density at radius 3 is 2.47 bits per heavy atom. The first-order valence-corrected chi connectivity index (χ1v) is 12.4. The highest BCUT2D eigenvalue weighted by Gasteiger charge is 2.26. The third-order valence-electron chi connectivity index (χ3n) is 6.55. The number of aryl methyl sites for hydroxylation is 1. The summed E-state index contributed by atoms with van der Waals surface area (Å²) >= 11 is 6.59. The standard InChI is InChI=1S/C26H36ClF2N3O2/c1-6-16-7-9-17(10-8-16)15-30-24(33)22-21(27)23(32(5)31-22)19-12-11-18(14-26(2,3)4)13-20(19)34-25(28)29/h11-13,16-17,25H,6-10,14-15H2,1-5H3,(H,30,33). The summed E-state index contributed by atoms with van der Waals surface area (Å²) in [5.74, 6) is 0.903. The molecule has 34 heavy (non-hydrogen) atoms. The molecule has 1 aromatic heterocycles. The molecule has 5 nitrogen and oxygen atoms in total. The quantitative estimate of drug-likeness (QED) is 0.434. The van der Waals surface area contributed by atoms with E-state index in [1.165, 1.54) is 23.9 Å². The van der Waals surface area contributed by atoms with Crippen molar-refractivity contribution in [3.05, 3.63) is 34.5 Å². The highest BCUT2D eigenvalue weighted by atomic mass is 35.5. The fourth-order valence-corrected chi connectivity index (χ4v) is 5.13. The number of alkyl halides is 2. The molecule has 0 bridgehead atoms. The van der Waals surface area contributed by atoms with Crippen molar-refractivity contribution in [1.29, 1.82) is 0 Å². The van der Waals surface area contributed by atoms with Crippen LogP contribution < -0.4 is 10.1 Å². The zero-order chi connectivity index (χ0) is 25.0. The van der Waals surface area contributed by atoms with Gasteiger partial charge in [0, 0.05) is 19.2 Å². The Kier molecular flexibility index (Phi) is 8.61. The molecule has 8 heteroatoms. The molecule has 1 fully saturated rings. The van der Waals surface area contributed by atoms with Crippen molar-refractivity contribution >= 4 is 17.5 Å². The number of benzene rings is 1. The normalized spacial score (nSPS) is 18.9. The van der Waals surface area contributed by atoms with Gasteiger partial charge in [-0.05, 0) is 54.2 Å². The van der Waals surface area contributed by atoms with Gasteiger partial charge in [-0.25, -0.2) is 0 Å². The molecule has 1 amide bonds. The fraction of sp³-hybridized carbons (Fsp3) is 0.615. The molecule has 0 saturated heterocycles. The number of aromatic nitrogens is 2. The van der Waals surface area contributed by atoms with E-state index in [2.05, 4.69) is 38.1 Å². The number of hydrogen-bond acceptors (Lipinski definition) is 3. The molecule has 0 spiro atoms. The molecule has 0 unspecified atom stereocenters. The van der Waals surface area contributed by atoms with E-state index in [1.807, 2.05) is 6.07 Å². The SMILES string of the molecule is CCC1CCC(CNC(=O)c2nn(C)c(-c3ccc(CC(C)(C)C)cc3OC(F)F)c2Cl)CC1. The zero-order valence-electron chi connectivity index (χ0n) is 20.8. The second-order valence-corrected chi connectivity index (χ2v) is 11.0. The van der Waals surface area contributed by atoms with Crippen molar-refractivity contribution in [3.8, 4) is 17.0 Å². The number of halogens is 3. The van der Waals surface area contributed by atoms with Gasteiger partial charge >= 0.3 is 6.61 Å². The number of nitrogens with one attached hydrogen (secondary N) is 1. The van der Waals surface area contributed by atoms with Crippen LogP contribution in [0, 0.1) is 17.3 Å². The van der Waals surface area contributed by atoms with Crippen LogP contribution in [0.4, 0.5) is 8.78 Å². The lowest BCUT2D eigenvalue weighted by Gasteiger charge is -2.27. The molecule has 1 N–H and O–H groups in total. The Labute approximate surface area is 206 Å². The number of amides is 1. The summed E-state index contributed by atoms with van der Waals surface area (Å²) < 4.78 is 32.7. The number of nitrogens with zero attached hydrogens (tertiary/aromatic N) is 2. The van der Waals surface area contributed by atoms with Crippen LogP contribution in [0.3, 0.4) is 0 Å². The van der Waals surface area contributed by atoms with Crippen LogP contribution in [-0.4, -0.2) is 28.8 Å². The van der Waals surface area contributed by atoms with Gasteiger partial charge in [-0.15, -0.1) is 0 Å². The average Bonchev–Trinajstić information content (AvgIpc) is 3.05. The van der Waals surface area contributed by atoms with E-state index in [-0.39, 0.29) is 27.8 Å². The summed E-state index contributed by atoms with van der Waals surface area (Å²) in [5.41, 5.74) is 1.68. The van der Waals surface area contributed by atoms with Crippen molar-refractivity contribution in [2.24, 2.45) is 24.3 Å². The highest BCUT2D eigenvalue weighted by molar-refractivity contribution is 6.36. The summed E-state index contributed by atoms with van der Waals surface area (Å²) in [7, 11) is 1.64. The van der Waals surface area contributed by atoms with E-state index in [1.54, 1.807) is 19.2 Å². The van der Waals surface area contributed by atoms with Crippen LogP contribution >= 0.6 is 11.6 Å². The Hall–Kier alpha value is -2.15. The topological polar surface area (TPSA) is 56.2 Å². The maximum absolute atomic E-state index is 13.2. The van der Waals surface area contributed by atoms with Gasteiger partial charge in [0.1, 0.15) is 5.75 Å². The first-order valence-electron chi connectivity index (χ1n) is 12.1. The molecule has 1 aliphatic carbocycles. The third kappa shape index (κ3) is 6.71. The summed E-state index contributed by atoms with van der Waals surface area (Å²) in [4.78, 5) is 12.9. The van der Waals surface area contributed by atoms with Gasteiger partial charge in [-0.2, -0.15) is 13.9 Å². The maximum Gasteiger partial charge on any atom is 0.387 e. The fourth-order valence-electron chi connectivity index (χ4n) is 4.78. The lowest BCUT2D eigenvalue weighted by atomic mass is 9.81. The summed E-state index contributed by atoms with van der Waals surface area (Å²) in [6, 6.07) is 5.19. The first-order chi connectivity index (χ1) is 16.0. The van der Waals surface area contributed by atoms with Gasteiger partial charge in [-0.3, -0.25) is 9.48 Å². The monoisotopic (exact) mass is 495 g/mol. The van der Waals surface area contributed by atoms with Gasteiger partial charge in [0.2, 0.25) is 0 Å². The van der Waals surface area contributed by atoms with E-state index in [9.17, 15) is 13.6 Å². The van der Waals surface area contributed by atoms with Gasteiger partial charge in [-0.1, -0.05) is 64.6 Å². The predicted molar refractivity (Wildman–Crippen MR) is 132 cm³/mol. The lowest BCUT2D eigenvalue weighted by Crippen LogP contribution is -2.31. The van der Waals surface area contributed by atoms with Gasteiger partial charge in [0.05, 0.1) is 10.7 Å². The molecule has 2 aromatic rings. The van der Waals surface area contributed by atoms with Crippen LogP contribution in [0.1, 0.15) is 75.9 Å². The van der Waals surface area contributed by atoms with Crippen molar-refractivity contribution < 1.29 is 18.3 Å². The Morgan fingerprint density at radius 2 is 1.88 bits per heavy atom. The largest absolute Gasteiger partial charge is 0.434 e. The summed E-state index contributed by atoms with van der Waals surface area (Å²) in [5, 5.41) is 7.40. The number of carbonyl (C=O) groups excluding carboxylic acids is 1. The van der Waals surface area contributed by atoms with Crippen molar-refractivity contribution in [2.75, 3.05) is 6.54 Å². The highest BCUT2D eigenvalue weighted by Crippen LogP contribution is 2.38. The van der Waals surface area contributed by atoms with Gasteiger partial charge < -0.3 is 10.1 Å². The molecular weight excluding hydrogens is 460 g/mol. The molecule has 0 atom stereocenters. The van der Waals surface area contributed by atoms with Crippen LogP contribution in [-0.2, 0) is 13.5 Å². The minimum atomic E-state index is -2.98. The average molecular weight is 496 g/mol. The number of ether oxygens (including phenoxy) is 1. The van der Waals surface area contributed by atoms with Gasteiger partial charge in [0.15, 0.2) is 5.69 Å². The Balaban J connectivity index is 1.81. The maximum atomic E-state index is 13.2. The Morgan fingerprint density at radius 1 is 1.24 bits per heavy atom. The number of hydrogen-bond donors (Lipinski definition) is 1. The van der Waals surface area contributed by atoms with Gasteiger partial charge in [0.25, 0.3) is 5.91 Å². The molecule has 1 saturated carbocycles. The summed E-state index contributed by atoms with van der Waals surface area (Å²) in [6.07, 6.45) is 6.51. The molecule has 1 aromatic carbocycles. The predicted octanol–water partition coefficient (Wildman–Crippen LogP) is 6.88. The van der Waals surface area contributed by atoms with E-state index in [0.29, 0.717) is 30.1 Å². The van der Waals surface area contributed by atoms with Crippen LogP contribution in [0.5, 0.6) is 5.75 Å². The van der Waals surface area contributed by atoms with Crippen LogP contribution in [0.25, 0.3) is 11.3 Å². The second-order valence-electron chi connectivity index (χ2n) is 10.6. The zero-order valence-corrected chi connectivity index (χ0v) is 21.5. The molecular formula is C26H36ClF2N3O2. The summed E-state index contributed by atoms with van der Waals surface area (Å²) in [6.45, 7) is 6.05. The van der Waals surface area contributed by atoms with Crippen molar-refractivity contribution in [1.82, 2.24) is 15.1 Å². The third-order valence-corrected chi connectivity index (χ3v) is 6.91. The van der Waals surface area contributed by atoms with E-state index >= 15 is 0 Å². The smallest absolute Gasteiger partial charge is 0.387 e. The van der Waals surface area contributed by atoms with E-state index in [4.69, 9.17) is 16.3 Å². The van der Waals surface area contributed by atoms with E-state index < -0.39 is 6.61 Å². The van der Waals surface area contributed by atoms with Crippen LogP contribution in [0.15, 0.2) is 18.2 Å². The second kappa shape index (κ2) is 11.1. The number of carbonyl (C=O) groups is 1. The lowest BCUT2D eigenvalue weighted by molar-refractivity contribution is -0.0495. The minimum absolute atomic E-state index is 0.0151. The number of rotatable bonds is 8. The van der Waals surface area contributed by atoms with Crippen molar-refractivity contribution in [2.45, 2.75) is 72.8 Å². The minimum Gasteiger partial charge on any atom is -0.434 e. The first kappa shape index (κ1) is 26.5. The molecule has 1 heterocycles. The molecule has 3 rings (SSSR count). The van der Waals surface area contributed by atoms with E-state index in [0.717, 1.165) is 24.3 Å². The Bertz CT molecular complexity index is 993. The van der Waals surface area contributed by atoms with Crippen LogP contribution in [0.2, 0.25) is 5.02 Å². The molecule has 0 aliphatic heterocycles. The molecule has 0 radical (unpaired) electrons. The molecule has 188 valence electrons. The molecule has 1 aliphatic rings. The van der Waals surface area contributed by atoms with Crippen molar-refractivity contribution in [3.63, 3.8) is 0 Å².